The number of benzene rings is 1. The fourth-order valence-electron chi connectivity index (χ4n) is 2.05. The van der Waals surface area contributed by atoms with E-state index in [0.29, 0.717) is 12.0 Å². The van der Waals surface area contributed by atoms with Crippen molar-refractivity contribution in [1.29, 1.82) is 0 Å². The molecule has 1 aliphatic carbocycles. The first-order chi connectivity index (χ1) is 8.47. The Kier molecular flexibility index (Phi) is 3.08. The van der Waals surface area contributed by atoms with Gasteiger partial charge in [0.15, 0.2) is 11.6 Å². The Bertz CT molecular complexity index is 559. The van der Waals surface area contributed by atoms with Crippen LogP contribution in [0.3, 0.4) is 0 Å². The Balaban J connectivity index is 2.12. The molecule has 0 bridgehead atoms. The Hall–Kier alpha value is -1.89. The van der Waals surface area contributed by atoms with Gasteiger partial charge in [-0.05, 0) is 37.0 Å². The number of halogens is 2. The van der Waals surface area contributed by atoms with Crippen molar-refractivity contribution in [1.82, 2.24) is 5.32 Å². The predicted molar refractivity (Wildman–Crippen MR) is 63.7 cm³/mol. The molecule has 2 rings (SSSR count). The lowest BCUT2D eigenvalue weighted by molar-refractivity contribution is -0.115. The first-order valence-corrected chi connectivity index (χ1v) is 5.66. The standard InChI is InChI=1S/C14H13F2NO/c1-3-4-13(18)17-12-8-14(12,2)9-5-6-10(15)11(16)7-9/h5-7,12H,8H2,1-2H3,(H,17,18)/t12-,14-/m1/s1. The smallest absolute Gasteiger partial charge is 0.296 e. The van der Waals surface area contributed by atoms with Crippen LogP contribution in [-0.4, -0.2) is 11.9 Å². The number of hydrogen-bond acceptors (Lipinski definition) is 1. The SMILES string of the molecule is CC#CC(=O)N[C@@H]1C[C@]1(C)c1ccc(F)c(F)c1. The van der Waals surface area contributed by atoms with Gasteiger partial charge in [-0.2, -0.15) is 0 Å². The molecule has 1 aromatic rings. The second-order valence-electron chi connectivity index (χ2n) is 4.65. The van der Waals surface area contributed by atoms with Gasteiger partial charge in [0.2, 0.25) is 0 Å². The van der Waals surface area contributed by atoms with E-state index in [1.54, 1.807) is 13.0 Å². The summed E-state index contributed by atoms with van der Waals surface area (Å²) < 4.78 is 26.0. The molecule has 18 heavy (non-hydrogen) atoms. The molecule has 0 aromatic heterocycles. The van der Waals surface area contributed by atoms with Crippen molar-refractivity contribution >= 4 is 5.91 Å². The Morgan fingerprint density at radius 2 is 2.17 bits per heavy atom. The molecule has 0 aliphatic heterocycles. The molecule has 1 aromatic carbocycles. The minimum atomic E-state index is -0.862. The number of amides is 1. The van der Waals surface area contributed by atoms with Crippen LogP contribution in [0.1, 0.15) is 25.8 Å². The van der Waals surface area contributed by atoms with Crippen molar-refractivity contribution < 1.29 is 13.6 Å². The maximum atomic E-state index is 13.2. The van der Waals surface area contributed by atoms with Crippen LogP contribution in [0.25, 0.3) is 0 Å². The van der Waals surface area contributed by atoms with E-state index in [4.69, 9.17) is 0 Å². The average Bonchev–Trinajstić information content (AvgIpc) is 2.95. The third kappa shape index (κ3) is 2.21. The van der Waals surface area contributed by atoms with Gasteiger partial charge < -0.3 is 5.32 Å². The fraction of sp³-hybridized carbons (Fsp3) is 0.357. The summed E-state index contributed by atoms with van der Waals surface area (Å²) in [5.74, 6) is 2.84. The molecule has 1 aliphatic rings. The summed E-state index contributed by atoms with van der Waals surface area (Å²) in [7, 11) is 0. The first-order valence-electron chi connectivity index (χ1n) is 5.66. The normalized spacial score (nSPS) is 25.0. The second kappa shape index (κ2) is 4.41. The molecular formula is C14H13F2NO. The van der Waals surface area contributed by atoms with Crippen LogP contribution in [-0.2, 0) is 10.2 Å². The second-order valence-corrected chi connectivity index (χ2v) is 4.65. The molecular weight excluding hydrogens is 236 g/mol. The van der Waals surface area contributed by atoms with E-state index >= 15 is 0 Å². The van der Waals surface area contributed by atoms with Crippen molar-refractivity contribution in [3.05, 3.63) is 35.4 Å². The highest BCUT2D eigenvalue weighted by Gasteiger charge is 2.52. The molecule has 4 heteroatoms. The number of nitrogens with one attached hydrogen (secondary N) is 1. The minimum absolute atomic E-state index is 0.0734. The molecule has 0 heterocycles. The molecule has 0 unspecified atom stereocenters. The fourth-order valence-corrected chi connectivity index (χ4v) is 2.05. The Morgan fingerprint density at radius 3 is 2.78 bits per heavy atom. The lowest BCUT2D eigenvalue weighted by atomic mass is 9.97. The molecule has 2 atom stereocenters. The number of rotatable bonds is 2. The highest BCUT2D eigenvalue weighted by atomic mass is 19.2. The maximum absolute atomic E-state index is 13.2. The minimum Gasteiger partial charge on any atom is -0.342 e. The molecule has 1 N–H and O–H groups in total. The van der Waals surface area contributed by atoms with Crippen molar-refractivity contribution in [2.45, 2.75) is 31.7 Å². The van der Waals surface area contributed by atoms with Crippen molar-refractivity contribution in [2.24, 2.45) is 0 Å². The van der Waals surface area contributed by atoms with Crippen LogP contribution in [0.2, 0.25) is 0 Å². The van der Waals surface area contributed by atoms with Gasteiger partial charge in [-0.15, -0.1) is 0 Å². The van der Waals surface area contributed by atoms with E-state index in [2.05, 4.69) is 17.2 Å². The van der Waals surface area contributed by atoms with Crippen molar-refractivity contribution in [3.8, 4) is 11.8 Å². The Morgan fingerprint density at radius 1 is 1.44 bits per heavy atom. The zero-order valence-corrected chi connectivity index (χ0v) is 10.2. The van der Waals surface area contributed by atoms with E-state index in [0.717, 1.165) is 6.07 Å². The van der Waals surface area contributed by atoms with Crippen LogP contribution >= 0.6 is 0 Å². The number of carbonyl (C=O) groups is 1. The van der Waals surface area contributed by atoms with Crippen LogP contribution in [0, 0.1) is 23.5 Å². The van der Waals surface area contributed by atoms with Gasteiger partial charge in [-0.25, -0.2) is 8.78 Å². The molecule has 0 radical (unpaired) electrons. The highest BCUT2D eigenvalue weighted by molar-refractivity contribution is 5.94. The van der Waals surface area contributed by atoms with E-state index in [9.17, 15) is 13.6 Å². The van der Waals surface area contributed by atoms with E-state index < -0.39 is 11.6 Å². The third-order valence-corrected chi connectivity index (χ3v) is 3.36. The maximum Gasteiger partial charge on any atom is 0.296 e. The molecule has 1 fully saturated rings. The highest BCUT2D eigenvalue weighted by Crippen LogP contribution is 2.48. The van der Waals surface area contributed by atoms with Gasteiger partial charge in [-0.1, -0.05) is 18.9 Å². The van der Waals surface area contributed by atoms with E-state index in [-0.39, 0.29) is 17.4 Å². The van der Waals surface area contributed by atoms with Gasteiger partial charge in [0, 0.05) is 11.5 Å². The van der Waals surface area contributed by atoms with Crippen LogP contribution in [0.15, 0.2) is 18.2 Å². The molecule has 0 saturated heterocycles. The summed E-state index contributed by atoms with van der Waals surface area (Å²) in [5.41, 5.74) is 0.357. The monoisotopic (exact) mass is 249 g/mol. The molecule has 0 spiro atoms. The summed E-state index contributed by atoms with van der Waals surface area (Å²) in [5, 5.41) is 2.75. The Labute approximate surface area is 104 Å². The topological polar surface area (TPSA) is 29.1 Å². The van der Waals surface area contributed by atoms with Gasteiger partial charge in [0.05, 0.1) is 0 Å². The quantitative estimate of drug-likeness (QED) is 0.799. The first kappa shape index (κ1) is 12.6. The van der Waals surface area contributed by atoms with Crippen molar-refractivity contribution in [2.75, 3.05) is 0 Å². The van der Waals surface area contributed by atoms with Crippen LogP contribution in [0.4, 0.5) is 8.78 Å². The van der Waals surface area contributed by atoms with E-state index in [1.807, 2.05) is 6.92 Å². The summed E-state index contributed by atoms with van der Waals surface area (Å²) >= 11 is 0. The van der Waals surface area contributed by atoms with E-state index in [1.165, 1.54) is 6.07 Å². The van der Waals surface area contributed by atoms with Gasteiger partial charge in [-0.3, -0.25) is 4.79 Å². The van der Waals surface area contributed by atoms with Crippen LogP contribution < -0.4 is 5.32 Å². The lowest BCUT2D eigenvalue weighted by Crippen LogP contribution is -2.29. The summed E-state index contributed by atoms with van der Waals surface area (Å²) in [6.45, 7) is 3.49. The van der Waals surface area contributed by atoms with Gasteiger partial charge in [0.25, 0.3) is 5.91 Å². The van der Waals surface area contributed by atoms with Crippen LogP contribution in [0.5, 0.6) is 0 Å². The van der Waals surface area contributed by atoms with Gasteiger partial charge in [0.1, 0.15) is 0 Å². The summed E-state index contributed by atoms with van der Waals surface area (Å²) in [4.78, 5) is 11.3. The molecule has 1 amide bonds. The molecule has 1 saturated carbocycles. The zero-order chi connectivity index (χ0) is 13.3. The largest absolute Gasteiger partial charge is 0.342 e. The third-order valence-electron chi connectivity index (χ3n) is 3.36. The van der Waals surface area contributed by atoms with Crippen molar-refractivity contribution in [3.63, 3.8) is 0 Å². The van der Waals surface area contributed by atoms with Gasteiger partial charge >= 0.3 is 0 Å². The zero-order valence-electron chi connectivity index (χ0n) is 10.2. The average molecular weight is 249 g/mol. The summed E-state index contributed by atoms with van der Waals surface area (Å²) in [6, 6.07) is 3.78. The number of carbonyl (C=O) groups excluding carboxylic acids is 1. The molecule has 2 nitrogen and oxygen atoms in total. The molecule has 94 valence electrons. The lowest BCUT2D eigenvalue weighted by Gasteiger charge is -2.12. The number of hydrogen-bond donors (Lipinski definition) is 1. The predicted octanol–water partition coefficient (Wildman–Crippen LogP) is 2.13. The summed E-state index contributed by atoms with van der Waals surface area (Å²) in [6.07, 6.45) is 0.704.